The highest BCUT2D eigenvalue weighted by molar-refractivity contribution is 6.04. The SMILES string of the molecule is CCc1ccccc1NC(=O)c1cncc(NCCc2ccc(OC)cc2)c1. The molecule has 0 spiro atoms. The number of methoxy groups -OCH3 is 1. The highest BCUT2D eigenvalue weighted by Gasteiger charge is 2.09. The predicted molar refractivity (Wildman–Crippen MR) is 113 cm³/mol. The summed E-state index contributed by atoms with van der Waals surface area (Å²) in [6, 6.07) is 17.7. The zero-order valence-corrected chi connectivity index (χ0v) is 16.2. The van der Waals surface area contributed by atoms with Crippen LogP contribution in [-0.2, 0) is 12.8 Å². The molecule has 0 saturated carbocycles. The summed E-state index contributed by atoms with van der Waals surface area (Å²) >= 11 is 0. The number of benzene rings is 2. The Morgan fingerprint density at radius 3 is 2.61 bits per heavy atom. The maximum Gasteiger partial charge on any atom is 0.257 e. The standard InChI is InChI=1S/C23H25N3O2/c1-3-18-6-4-5-7-22(18)26-23(27)19-14-20(16-24-15-19)25-13-12-17-8-10-21(28-2)11-9-17/h4-11,14-16,25H,3,12-13H2,1-2H3,(H,26,27). The van der Waals surface area contributed by atoms with Crippen LogP contribution in [0.15, 0.2) is 67.0 Å². The van der Waals surface area contributed by atoms with Crippen LogP contribution in [0.25, 0.3) is 0 Å². The molecule has 0 atom stereocenters. The van der Waals surface area contributed by atoms with Crippen molar-refractivity contribution in [3.63, 3.8) is 0 Å². The van der Waals surface area contributed by atoms with Crippen LogP contribution in [-0.4, -0.2) is 24.5 Å². The largest absolute Gasteiger partial charge is 0.497 e. The lowest BCUT2D eigenvalue weighted by Crippen LogP contribution is -2.14. The summed E-state index contributed by atoms with van der Waals surface area (Å²) in [5, 5.41) is 6.31. The summed E-state index contributed by atoms with van der Waals surface area (Å²) in [5.41, 5.74) is 4.52. The molecule has 28 heavy (non-hydrogen) atoms. The van der Waals surface area contributed by atoms with Gasteiger partial charge in [0.1, 0.15) is 5.75 Å². The molecule has 1 aromatic heterocycles. The number of nitrogens with one attached hydrogen (secondary N) is 2. The smallest absolute Gasteiger partial charge is 0.257 e. The number of anilines is 2. The van der Waals surface area contributed by atoms with E-state index in [0.717, 1.165) is 42.1 Å². The van der Waals surface area contributed by atoms with Crippen LogP contribution in [0.1, 0.15) is 28.4 Å². The summed E-state index contributed by atoms with van der Waals surface area (Å²) in [4.78, 5) is 16.8. The number of ether oxygens (including phenoxy) is 1. The quantitative estimate of drug-likeness (QED) is 0.606. The van der Waals surface area contributed by atoms with Crippen molar-refractivity contribution in [1.29, 1.82) is 0 Å². The molecule has 0 aliphatic rings. The minimum Gasteiger partial charge on any atom is -0.497 e. The lowest BCUT2D eigenvalue weighted by molar-refractivity contribution is 0.102. The molecule has 2 aromatic carbocycles. The van der Waals surface area contributed by atoms with Crippen molar-refractivity contribution in [1.82, 2.24) is 4.98 Å². The molecule has 0 saturated heterocycles. The number of aromatic nitrogens is 1. The molecule has 0 unspecified atom stereocenters. The summed E-state index contributed by atoms with van der Waals surface area (Å²) in [6.07, 6.45) is 5.04. The van der Waals surface area contributed by atoms with Crippen LogP contribution in [0.2, 0.25) is 0 Å². The molecule has 3 rings (SSSR count). The van der Waals surface area contributed by atoms with Gasteiger partial charge in [0.05, 0.1) is 18.4 Å². The molecule has 1 heterocycles. The Balaban J connectivity index is 1.59. The van der Waals surface area contributed by atoms with Gasteiger partial charge in [-0.2, -0.15) is 0 Å². The summed E-state index contributed by atoms with van der Waals surface area (Å²) in [7, 11) is 1.66. The fraction of sp³-hybridized carbons (Fsp3) is 0.217. The van der Waals surface area contributed by atoms with Gasteiger partial charge in [-0.25, -0.2) is 0 Å². The highest BCUT2D eigenvalue weighted by Crippen LogP contribution is 2.18. The molecule has 5 heteroatoms. The van der Waals surface area contributed by atoms with Crippen molar-refractivity contribution in [3.05, 3.63) is 83.7 Å². The van der Waals surface area contributed by atoms with E-state index in [-0.39, 0.29) is 5.91 Å². The first-order chi connectivity index (χ1) is 13.7. The molecular formula is C23H25N3O2. The third-order valence-corrected chi connectivity index (χ3v) is 4.55. The maximum absolute atomic E-state index is 12.6. The molecule has 0 radical (unpaired) electrons. The molecule has 1 amide bonds. The number of para-hydroxylation sites is 1. The Morgan fingerprint density at radius 1 is 1.07 bits per heavy atom. The Kier molecular flexibility index (Phi) is 6.63. The van der Waals surface area contributed by atoms with Gasteiger partial charge in [0.25, 0.3) is 5.91 Å². The number of nitrogens with zero attached hydrogens (tertiary/aromatic N) is 1. The molecule has 144 valence electrons. The Hall–Kier alpha value is -3.34. The lowest BCUT2D eigenvalue weighted by atomic mass is 10.1. The van der Waals surface area contributed by atoms with E-state index in [1.807, 2.05) is 54.6 Å². The minimum atomic E-state index is -0.160. The second-order valence-electron chi connectivity index (χ2n) is 6.45. The Bertz CT molecular complexity index is 923. The molecule has 0 aliphatic carbocycles. The highest BCUT2D eigenvalue weighted by atomic mass is 16.5. The van der Waals surface area contributed by atoms with Gasteiger partial charge in [-0.05, 0) is 48.2 Å². The first-order valence-corrected chi connectivity index (χ1v) is 9.40. The second kappa shape index (κ2) is 9.55. The molecule has 2 N–H and O–H groups in total. The molecule has 0 fully saturated rings. The van der Waals surface area contributed by atoms with Gasteiger partial charge < -0.3 is 15.4 Å². The van der Waals surface area contributed by atoms with E-state index in [9.17, 15) is 4.79 Å². The van der Waals surface area contributed by atoms with Crippen LogP contribution in [0, 0.1) is 0 Å². The number of hydrogen-bond donors (Lipinski definition) is 2. The molecule has 5 nitrogen and oxygen atoms in total. The number of amides is 1. The predicted octanol–water partition coefficient (Wildman–Crippen LogP) is 4.56. The fourth-order valence-corrected chi connectivity index (χ4v) is 2.95. The fourth-order valence-electron chi connectivity index (χ4n) is 2.95. The van der Waals surface area contributed by atoms with E-state index in [0.29, 0.717) is 5.56 Å². The van der Waals surface area contributed by atoms with Crippen molar-refractivity contribution in [3.8, 4) is 5.75 Å². The molecular weight excluding hydrogens is 350 g/mol. The van der Waals surface area contributed by atoms with Crippen molar-refractivity contribution in [2.75, 3.05) is 24.3 Å². The van der Waals surface area contributed by atoms with Gasteiger partial charge in [-0.1, -0.05) is 37.3 Å². The molecule has 0 bridgehead atoms. The van der Waals surface area contributed by atoms with Crippen molar-refractivity contribution < 1.29 is 9.53 Å². The average Bonchev–Trinajstić information content (AvgIpc) is 2.75. The van der Waals surface area contributed by atoms with Crippen LogP contribution >= 0.6 is 0 Å². The third kappa shape index (κ3) is 5.10. The number of carbonyl (C=O) groups excluding carboxylic acids is 1. The van der Waals surface area contributed by atoms with Gasteiger partial charge in [0.2, 0.25) is 0 Å². The lowest BCUT2D eigenvalue weighted by Gasteiger charge is -2.11. The molecule has 3 aromatic rings. The number of hydrogen-bond acceptors (Lipinski definition) is 4. The third-order valence-electron chi connectivity index (χ3n) is 4.55. The van der Waals surface area contributed by atoms with E-state index in [4.69, 9.17) is 4.74 Å². The summed E-state index contributed by atoms with van der Waals surface area (Å²) in [6.45, 7) is 2.82. The van der Waals surface area contributed by atoms with Crippen LogP contribution < -0.4 is 15.4 Å². The van der Waals surface area contributed by atoms with E-state index < -0.39 is 0 Å². The Morgan fingerprint density at radius 2 is 1.86 bits per heavy atom. The zero-order valence-electron chi connectivity index (χ0n) is 16.2. The molecule has 0 aliphatic heterocycles. The monoisotopic (exact) mass is 375 g/mol. The topological polar surface area (TPSA) is 63.2 Å². The van der Waals surface area contributed by atoms with Crippen LogP contribution in [0.3, 0.4) is 0 Å². The zero-order chi connectivity index (χ0) is 19.8. The Labute approximate surface area is 165 Å². The van der Waals surface area contributed by atoms with Crippen LogP contribution in [0.4, 0.5) is 11.4 Å². The second-order valence-corrected chi connectivity index (χ2v) is 6.45. The van der Waals surface area contributed by atoms with E-state index in [2.05, 4.69) is 22.5 Å². The average molecular weight is 375 g/mol. The van der Waals surface area contributed by atoms with Crippen molar-refractivity contribution in [2.24, 2.45) is 0 Å². The normalized spacial score (nSPS) is 10.4. The summed E-state index contributed by atoms with van der Waals surface area (Å²) in [5.74, 6) is 0.691. The van der Waals surface area contributed by atoms with Gasteiger partial charge in [0, 0.05) is 24.6 Å². The summed E-state index contributed by atoms with van der Waals surface area (Å²) < 4.78 is 5.17. The minimum absolute atomic E-state index is 0.160. The van der Waals surface area contributed by atoms with E-state index in [1.54, 1.807) is 19.5 Å². The van der Waals surface area contributed by atoms with Gasteiger partial charge >= 0.3 is 0 Å². The number of carbonyl (C=O) groups is 1. The van der Waals surface area contributed by atoms with Gasteiger partial charge in [-0.15, -0.1) is 0 Å². The number of rotatable bonds is 8. The van der Waals surface area contributed by atoms with Crippen molar-refractivity contribution in [2.45, 2.75) is 19.8 Å². The van der Waals surface area contributed by atoms with E-state index >= 15 is 0 Å². The van der Waals surface area contributed by atoms with Crippen molar-refractivity contribution >= 4 is 17.3 Å². The van der Waals surface area contributed by atoms with Gasteiger partial charge in [-0.3, -0.25) is 9.78 Å². The maximum atomic E-state index is 12.6. The van der Waals surface area contributed by atoms with Gasteiger partial charge in [0.15, 0.2) is 0 Å². The number of aryl methyl sites for hydroxylation is 1. The first kappa shape index (κ1) is 19.4. The number of pyridine rings is 1. The van der Waals surface area contributed by atoms with Crippen LogP contribution in [0.5, 0.6) is 5.75 Å². The van der Waals surface area contributed by atoms with E-state index in [1.165, 1.54) is 5.56 Å². The first-order valence-electron chi connectivity index (χ1n) is 9.40.